The van der Waals surface area contributed by atoms with Gasteiger partial charge in [-0.1, -0.05) is 0 Å². The molecule has 1 N–H and O–H groups in total. The minimum absolute atomic E-state index is 0.0340. The number of ether oxygens (including phenoxy) is 1. The number of hydrogen-bond donors (Lipinski definition) is 1. The summed E-state index contributed by atoms with van der Waals surface area (Å²) in [4.78, 5) is 15.3. The van der Waals surface area contributed by atoms with E-state index >= 15 is 0 Å². The normalized spacial score (nSPS) is 22.3. The minimum atomic E-state index is -3.61. The summed E-state index contributed by atoms with van der Waals surface area (Å²) >= 11 is 0. The van der Waals surface area contributed by atoms with Crippen molar-refractivity contribution >= 4 is 15.9 Å². The Labute approximate surface area is 174 Å². The number of benzene rings is 1. The molecule has 2 fully saturated rings. The Bertz CT molecular complexity index is 776. The highest BCUT2D eigenvalue weighted by Gasteiger charge is 2.33. The van der Waals surface area contributed by atoms with Gasteiger partial charge in [-0.2, -0.15) is 4.31 Å². The molecule has 2 aliphatic rings. The average Bonchev–Trinajstić information content (AvgIpc) is 3.29. The summed E-state index contributed by atoms with van der Waals surface area (Å²) < 4.78 is 32.4. The predicted octanol–water partition coefficient (Wildman–Crippen LogP) is 2.09. The van der Waals surface area contributed by atoms with Crippen molar-refractivity contribution in [1.82, 2.24) is 14.5 Å². The first-order chi connectivity index (χ1) is 13.9. The number of hydrogen-bond acceptors (Lipinski definition) is 5. The van der Waals surface area contributed by atoms with Gasteiger partial charge in [0.15, 0.2) is 0 Å². The Morgan fingerprint density at radius 2 is 1.86 bits per heavy atom. The molecule has 0 aromatic heterocycles. The molecule has 0 unspecified atom stereocenters. The van der Waals surface area contributed by atoms with Crippen molar-refractivity contribution in [2.45, 2.75) is 50.0 Å². The lowest BCUT2D eigenvalue weighted by Gasteiger charge is -2.31. The molecule has 0 saturated carbocycles. The Morgan fingerprint density at radius 3 is 2.52 bits per heavy atom. The monoisotopic (exact) mass is 423 g/mol. The fourth-order valence-electron chi connectivity index (χ4n) is 4.19. The molecular formula is C21H33N3O4S. The molecule has 162 valence electrons. The van der Waals surface area contributed by atoms with E-state index in [-0.39, 0.29) is 23.3 Å². The molecule has 0 spiro atoms. The molecule has 2 heterocycles. The van der Waals surface area contributed by atoms with E-state index in [0.29, 0.717) is 31.3 Å². The van der Waals surface area contributed by atoms with Gasteiger partial charge < -0.3 is 15.0 Å². The second-order valence-electron chi connectivity index (χ2n) is 8.05. The lowest BCUT2D eigenvalue weighted by Crippen LogP contribution is -2.46. The SMILES string of the molecule is COc1ccc(S(=O)(=O)N2CCC[C@H](C(=O)NCC[C@@H](C)N3CCCC3)C2)cc1. The van der Waals surface area contributed by atoms with Crippen LogP contribution in [0.3, 0.4) is 0 Å². The predicted molar refractivity (Wildman–Crippen MR) is 112 cm³/mol. The fraction of sp³-hybridized carbons (Fsp3) is 0.667. The van der Waals surface area contributed by atoms with Crippen molar-refractivity contribution in [3.63, 3.8) is 0 Å². The maximum atomic E-state index is 13.0. The van der Waals surface area contributed by atoms with Gasteiger partial charge in [0.05, 0.1) is 17.9 Å². The van der Waals surface area contributed by atoms with Gasteiger partial charge in [-0.3, -0.25) is 4.79 Å². The van der Waals surface area contributed by atoms with Crippen LogP contribution in [0.5, 0.6) is 5.75 Å². The zero-order valence-corrected chi connectivity index (χ0v) is 18.3. The van der Waals surface area contributed by atoms with E-state index in [4.69, 9.17) is 4.74 Å². The van der Waals surface area contributed by atoms with Gasteiger partial charge in [-0.05, 0) is 76.4 Å². The minimum Gasteiger partial charge on any atom is -0.497 e. The van der Waals surface area contributed by atoms with E-state index in [1.807, 2.05) is 0 Å². The first-order valence-electron chi connectivity index (χ1n) is 10.6. The van der Waals surface area contributed by atoms with Gasteiger partial charge in [-0.25, -0.2) is 8.42 Å². The van der Waals surface area contributed by atoms with Crippen LogP contribution in [0.1, 0.15) is 39.0 Å². The molecule has 0 bridgehead atoms. The molecule has 2 aliphatic heterocycles. The van der Waals surface area contributed by atoms with Gasteiger partial charge in [0, 0.05) is 25.7 Å². The zero-order chi connectivity index (χ0) is 20.9. The van der Waals surface area contributed by atoms with E-state index in [9.17, 15) is 13.2 Å². The summed E-state index contributed by atoms with van der Waals surface area (Å²) in [6.45, 7) is 5.83. The molecular weight excluding hydrogens is 390 g/mol. The zero-order valence-electron chi connectivity index (χ0n) is 17.5. The molecule has 3 rings (SSSR count). The lowest BCUT2D eigenvalue weighted by atomic mass is 9.99. The topological polar surface area (TPSA) is 79.0 Å². The molecule has 8 heteroatoms. The Hall–Kier alpha value is -1.64. The Balaban J connectivity index is 1.52. The van der Waals surface area contributed by atoms with Crippen molar-refractivity contribution < 1.29 is 17.9 Å². The maximum absolute atomic E-state index is 13.0. The summed E-state index contributed by atoms with van der Waals surface area (Å²) in [5.74, 6) is 0.287. The summed E-state index contributed by atoms with van der Waals surface area (Å²) in [6, 6.07) is 6.86. The first kappa shape index (κ1) is 22.1. The van der Waals surface area contributed by atoms with Crippen molar-refractivity contribution in [2.24, 2.45) is 5.92 Å². The average molecular weight is 424 g/mol. The highest BCUT2D eigenvalue weighted by atomic mass is 32.2. The molecule has 1 aromatic carbocycles. The standard InChI is InChI=1S/C21H33N3O4S/c1-17(23-13-3-4-14-23)11-12-22-21(25)18-6-5-15-24(16-18)29(26,27)20-9-7-19(28-2)8-10-20/h7-10,17-18H,3-6,11-16H2,1-2H3,(H,22,25)/t17-,18+/m1/s1. The van der Waals surface area contributed by atoms with Gasteiger partial charge >= 0.3 is 0 Å². The number of amides is 1. The third-order valence-electron chi connectivity index (χ3n) is 6.08. The molecule has 7 nitrogen and oxygen atoms in total. The van der Waals surface area contributed by atoms with E-state index in [1.165, 1.54) is 17.1 Å². The lowest BCUT2D eigenvalue weighted by molar-refractivity contribution is -0.126. The number of nitrogens with zero attached hydrogens (tertiary/aromatic N) is 2. The molecule has 0 aliphatic carbocycles. The summed E-state index contributed by atoms with van der Waals surface area (Å²) in [6.07, 6.45) is 4.86. The van der Waals surface area contributed by atoms with E-state index in [2.05, 4.69) is 17.1 Å². The summed E-state index contributed by atoms with van der Waals surface area (Å²) in [7, 11) is -2.06. The van der Waals surface area contributed by atoms with Crippen LogP contribution in [-0.2, 0) is 14.8 Å². The van der Waals surface area contributed by atoms with Gasteiger partial charge in [0.25, 0.3) is 0 Å². The van der Waals surface area contributed by atoms with Crippen molar-refractivity contribution in [3.05, 3.63) is 24.3 Å². The number of methoxy groups -OCH3 is 1. The maximum Gasteiger partial charge on any atom is 0.243 e. The quantitative estimate of drug-likeness (QED) is 0.693. The third kappa shape index (κ3) is 5.49. The van der Waals surface area contributed by atoms with E-state index < -0.39 is 10.0 Å². The highest BCUT2D eigenvalue weighted by molar-refractivity contribution is 7.89. The van der Waals surface area contributed by atoms with Crippen LogP contribution in [0.2, 0.25) is 0 Å². The number of piperidine rings is 1. The van der Waals surface area contributed by atoms with Crippen LogP contribution in [0.4, 0.5) is 0 Å². The molecule has 1 aromatic rings. The van der Waals surface area contributed by atoms with Crippen LogP contribution in [-0.4, -0.2) is 69.4 Å². The third-order valence-corrected chi connectivity index (χ3v) is 7.96. The largest absolute Gasteiger partial charge is 0.497 e. The van der Waals surface area contributed by atoms with E-state index in [1.54, 1.807) is 31.4 Å². The number of likely N-dealkylation sites (tertiary alicyclic amines) is 1. The van der Waals surface area contributed by atoms with Crippen molar-refractivity contribution in [1.29, 1.82) is 0 Å². The second kappa shape index (κ2) is 9.91. The van der Waals surface area contributed by atoms with Gasteiger partial charge in [-0.15, -0.1) is 0 Å². The number of carbonyl (C=O) groups is 1. The van der Waals surface area contributed by atoms with Gasteiger partial charge in [0.2, 0.25) is 15.9 Å². The Morgan fingerprint density at radius 1 is 1.17 bits per heavy atom. The smallest absolute Gasteiger partial charge is 0.243 e. The van der Waals surface area contributed by atoms with Crippen LogP contribution in [0, 0.1) is 5.92 Å². The molecule has 2 saturated heterocycles. The molecule has 0 radical (unpaired) electrons. The summed E-state index contributed by atoms with van der Waals surface area (Å²) in [5, 5.41) is 3.03. The highest BCUT2D eigenvalue weighted by Crippen LogP contribution is 2.25. The van der Waals surface area contributed by atoms with Gasteiger partial charge in [0.1, 0.15) is 5.75 Å². The number of nitrogens with one attached hydrogen (secondary N) is 1. The number of sulfonamides is 1. The van der Waals surface area contributed by atoms with Crippen molar-refractivity contribution in [3.8, 4) is 5.75 Å². The molecule has 29 heavy (non-hydrogen) atoms. The van der Waals surface area contributed by atoms with E-state index in [0.717, 1.165) is 25.9 Å². The second-order valence-corrected chi connectivity index (χ2v) is 9.99. The fourth-order valence-corrected chi connectivity index (χ4v) is 5.71. The number of rotatable bonds is 8. The van der Waals surface area contributed by atoms with Crippen LogP contribution < -0.4 is 10.1 Å². The summed E-state index contributed by atoms with van der Waals surface area (Å²) in [5.41, 5.74) is 0. The number of carbonyl (C=O) groups excluding carboxylic acids is 1. The Kier molecular flexibility index (Phi) is 7.54. The van der Waals surface area contributed by atoms with Crippen LogP contribution in [0.15, 0.2) is 29.2 Å². The van der Waals surface area contributed by atoms with Crippen molar-refractivity contribution in [2.75, 3.05) is 39.8 Å². The van der Waals surface area contributed by atoms with Crippen LogP contribution >= 0.6 is 0 Å². The molecule has 2 atom stereocenters. The van der Waals surface area contributed by atoms with Crippen LogP contribution in [0.25, 0.3) is 0 Å². The first-order valence-corrected chi connectivity index (χ1v) is 12.0. The molecule has 1 amide bonds.